The Labute approximate surface area is 122 Å². The van der Waals surface area contributed by atoms with Gasteiger partial charge in [0.25, 0.3) is 0 Å². The molecule has 4 nitrogen and oxygen atoms in total. The topological polar surface area (TPSA) is 57.6 Å². The van der Waals surface area contributed by atoms with E-state index < -0.39 is 0 Å². The number of nitrogens with zero attached hydrogens (tertiary/aromatic N) is 1. The van der Waals surface area contributed by atoms with E-state index in [0.717, 1.165) is 5.56 Å². The number of amides is 2. The van der Waals surface area contributed by atoms with E-state index in [0.29, 0.717) is 12.1 Å². The lowest BCUT2D eigenvalue weighted by Gasteiger charge is -2.15. The molecule has 0 aliphatic carbocycles. The van der Waals surface area contributed by atoms with Crippen LogP contribution in [-0.4, -0.2) is 16.9 Å². The first-order valence-corrected chi connectivity index (χ1v) is 6.85. The van der Waals surface area contributed by atoms with Crippen LogP contribution in [0.4, 0.5) is 5.69 Å². The van der Waals surface area contributed by atoms with Gasteiger partial charge in [-0.15, -0.1) is 0 Å². The second kappa shape index (κ2) is 5.40. The molecule has 1 fully saturated rings. The zero-order valence-electron chi connectivity index (χ0n) is 11.4. The summed E-state index contributed by atoms with van der Waals surface area (Å²) in [5.74, 6) is -0.562. The van der Waals surface area contributed by atoms with E-state index in [2.05, 4.69) is 0 Å². The number of phenols is 1. The minimum Gasteiger partial charge on any atom is -0.508 e. The number of carbonyl (C=O) groups excluding carboxylic acids is 2. The molecule has 3 rings (SSSR count). The molecule has 1 heterocycles. The minimum atomic E-state index is -0.311. The van der Waals surface area contributed by atoms with Crippen molar-refractivity contribution in [3.63, 3.8) is 0 Å². The summed E-state index contributed by atoms with van der Waals surface area (Å²) in [4.78, 5) is 25.8. The highest BCUT2D eigenvalue weighted by Crippen LogP contribution is 2.29. The molecular weight excluding hydrogens is 266 g/mol. The fraction of sp³-hybridized carbons (Fsp3) is 0.176. The predicted molar refractivity (Wildman–Crippen MR) is 78.9 cm³/mol. The summed E-state index contributed by atoms with van der Waals surface area (Å²) in [7, 11) is 0. The van der Waals surface area contributed by atoms with Crippen LogP contribution in [0.15, 0.2) is 54.6 Å². The second-order valence-electron chi connectivity index (χ2n) is 5.17. The van der Waals surface area contributed by atoms with E-state index in [9.17, 15) is 14.7 Å². The summed E-state index contributed by atoms with van der Waals surface area (Å²) in [5, 5.41) is 9.29. The third-order valence-electron chi connectivity index (χ3n) is 3.67. The first kappa shape index (κ1) is 13.4. The molecule has 0 aromatic heterocycles. The third kappa shape index (κ3) is 2.65. The van der Waals surface area contributed by atoms with Crippen molar-refractivity contribution in [2.45, 2.75) is 12.8 Å². The van der Waals surface area contributed by atoms with Crippen LogP contribution in [0.2, 0.25) is 0 Å². The average Bonchev–Trinajstić information content (AvgIpc) is 2.76. The van der Waals surface area contributed by atoms with Gasteiger partial charge in [0, 0.05) is 6.42 Å². The Kier molecular flexibility index (Phi) is 3.44. The second-order valence-corrected chi connectivity index (χ2v) is 5.17. The van der Waals surface area contributed by atoms with Gasteiger partial charge in [0.2, 0.25) is 11.8 Å². The maximum Gasteiger partial charge on any atom is 0.237 e. The number of benzene rings is 2. The van der Waals surface area contributed by atoms with E-state index in [1.54, 1.807) is 12.1 Å². The number of hydrogen-bond acceptors (Lipinski definition) is 3. The van der Waals surface area contributed by atoms with Crippen LogP contribution in [0.25, 0.3) is 0 Å². The molecule has 0 spiro atoms. The van der Waals surface area contributed by atoms with Crippen LogP contribution in [-0.2, 0) is 16.0 Å². The summed E-state index contributed by atoms with van der Waals surface area (Å²) >= 11 is 0. The molecule has 21 heavy (non-hydrogen) atoms. The molecule has 0 bridgehead atoms. The first-order chi connectivity index (χ1) is 10.1. The van der Waals surface area contributed by atoms with Gasteiger partial charge in [-0.2, -0.15) is 0 Å². The predicted octanol–water partition coefficient (Wildman–Crippen LogP) is 2.51. The van der Waals surface area contributed by atoms with E-state index in [1.807, 2.05) is 30.3 Å². The third-order valence-corrected chi connectivity index (χ3v) is 3.67. The summed E-state index contributed by atoms with van der Waals surface area (Å²) < 4.78 is 0. The molecule has 0 unspecified atom stereocenters. The molecule has 1 aliphatic heterocycles. The number of imide groups is 1. The summed E-state index contributed by atoms with van der Waals surface area (Å²) in [5.41, 5.74) is 1.56. The van der Waals surface area contributed by atoms with Gasteiger partial charge in [-0.05, 0) is 36.2 Å². The molecule has 0 radical (unpaired) electrons. The molecule has 2 aromatic carbocycles. The van der Waals surface area contributed by atoms with Crippen LogP contribution >= 0.6 is 0 Å². The molecule has 4 heteroatoms. The Bertz CT molecular complexity index is 664. The normalized spacial score (nSPS) is 18.3. The number of rotatable bonds is 3. The SMILES string of the molecule is O=C1C[C@H](Cc2ccccc2)C(=O)N1c1ccc(O)cc1. The van der Waals surface area contributed by atoms with Crippen LogP contribution in [0.3, 0.4) is 0 Å². The summed E-state index contributed by atoms with van der Waals surface area (Å²) in [6.45, 7) is 0. The monoisotopic (exact) mass is 281 g/mol. The lowest BCUT2D eigenvalue weighted by atomic mass is 9.98. The van der Waals surface area contributed by atoms with Crippen molar-refractivity contribution in [2.75, 3.05) is 4.90 Å². The number of aromatic hydroxyl groups is 1. The molecule has 0 saturated carbocycles. The van der Waals surface area contributed by atoms with E-state index in [-0.39, 0.29) is 29.9 Å². The Hall–Kier alpha value is -2.62. The maximum atomic E-state index is 12.4. The largest absolute Gasteiger partial charge is 0.508 e. The number of hydrogen-bond donors (Lipinski definition) is 1. The van der Waals surface area contributed by atoms with E-state index >= 15 is 0 Å². The Morgan fingerprint density at radius 3 is 2.33 bits per heavy atom. The zero-order chi connectivity index (χ0) is 14.8. The number of anilines is 1. The highest BCUT2D eigenvalue weighted by Gasteiger charge is 2.39. The Morgan fingerprint density at radius 2 is 1.67 bits per heavy atom. The minimum absolute atomic E-state index is 0.110. The van der Waals surface area contributed by atoms with Crippen molar-refractivity contribution in [1.82, 2.24) is 0 Å². The van der Waals surface area contributed by atoms with Crippen molar-refractivity contribution >= 4 is 17.5 Å². The van der Waals surface area contributed by atoms with Crippen molar-refractivity contribution in [3.05, 3.63) is 60.2 Å². The van der Waals surface area contributed by atoms with Crippen molar-refractivity contribution in [2.24, 2.45) is 5.92 Å². The van der Waals surface area contributed by atoms with Gasteiger partial charge in [-0.1, -0.05) is 30.3 Å². The van der Waals surface area contributed by atoms with Gasteiger partial charge in [-0.25, -0.2) is 0 Å². The van der Waals surface area contributed by atoms with Gasteiger partial charge >= 0.3 is 0 Å². The lowest BCUT2D eigenvalue weighted by Crippen LogP contribution is -2.30. The van der Waals surface area contributed by atoms with Crippen LogP contribution in [0.5, 0.6) is 5.75 Å². The smallest absolute Gasteiger partial charge is 0.237 e. The molecule has 1 aliphatic rings. The van der Waals surface area contributed by atoms with Crippen LogP contribution in [0, 0.1) is 5.92 Å². The van der Waals surface area contributed by atoms with E-state index in [4.69, 9.17) is 0 Å². The number of carbonyl (C=O) groups is 2. The molecule has 1 atom stereocenters. The summed E-state index contributed by atoms with van der Waals surface area (Å²) in [6.07, 6.45) is 0.800. The van der Waals surface area contributed by atoms with Gasteiger partial charge in [0.15, 0.2) is 0 Å². The molecule has 1 saturated heterocycles. The Balaban J connectivity index is 1.80. The van der Waals surface area contributed by atoms with E-state index in [1.165, 1.54) is 17.0 Å². The molecular formula is C17H15NO3. The standard InChI is InChI=1S/C17H15NO3/c19-15-8-6-14(7-9-15)18-16(20)11-13(17(18)21)10-12-4-2-1-3-5-12/h1-9,13,19H,10-11H2/t13-/m0/s1. The average molecular weight is 281 g/mol. The fourth-order valence-corrected chi connectivity index (χ4v) is 2.63. The van der Waals surface area contributed by atoms with Crippen LogP contribution in [0.1, 0.15) is 12.0 Å². The number of phenolic OH excluding ortho intramolecular Hbond substituents is 1. The quantitative estimate of drug-likeness (QED) is 0.879. The van der Waals surface area contributed by atoms with Gasteiger partial charge in [-0.3, -0.25) is 14.5 Å². The Morgan fingerprint density at radius 1 is 1.00 bits per heavy atom. The molecule has 106 valence electrons. The van der Waals surface area contributed by atoms with Crippen LogP contribution < -0.4 is 4.90 Å². The van der Waals surface area contributed by atoms with Gasteiger partial charge in [0.1, 0.15) is 5.75 Å². The molecule has 2 amide bonds. The zero-order valence-corrected chi connectivity index (χ0v) is 11.4. The lowest BCUT2D eigenvalue weighted by molar-refractivity contribution is -0.122. The highest BCUT2D eigenvalue weighted by molar-refractivity contribution is 6.21. The van der Waals surface area contributed by atoms with Crippen molar-refractivity contribution < 1.29 is 14.7 Å². The van der Waals surface area contributed by atoms with Crippen molar-refractivity contribution in [1.29, 1.82) is 0 Å². The van der Waals surface area contributed by atoms with Gasteiger partial charge < -0.3 is 5.11 Å². The first-order valence-electron chi connectivity index (χ1n) is 6.85. The van der Waals surface area contributed by atoms with Crippen molar-refractivity contribution in [3.8, 4) is 5.75 Å². The fourth-order valence-electron chi connectivity index (χ4n) is 2.63. The maximum absolute atomic E-state index is 12.4. The van der Waals surface area contributed by atoms with Gasteiger partial charge in [0.05, 0.1) is 11.6 Å². The molecule has 2 aromatic rings. The molecule has 1 N–H and O–H groups in total. The highest BCUT2D eigenvalue weighted by atomic mass is 16.3. The summed E-state index contributed by atoms with van der Waals surface area (Å²) in [6, 6.07) is 15.8.